The number of rotatable bonds is 4. The Hall–Kier alpha value is -1.08. The average Bonchev–Trinajstić information content (AvgIpc) is 2.62. The van der Waals surface area contributed by atoms with Crippen molar-refractivity contribution in [3.05, 3.63) is 30.1 Å². The summed E-state index contributed by atoms with van der Waals surface area (Å²) in [6, 6.07) is 6.23. The minimum Gasteiger partial charge on any atom is -0.349 e. The molecule has 1 saturated heterocycles. The minimum atomic E-state index is -3.05. The van der Waals surface area contributed by atoms with Gasteiger partial charge in [0.15, 0.2) is 9.84 Å². The van der Waals surface area contributed by atoms with Gasteiger partial charge in [-0.2, -0.15) is 0 Å². The van der Waals surface area contributed by atoms with Gasteiger partial charge in [-0.05, 0) is 25.5 Å². The zero-order valence-electron chi connectivity index (χ0n) is 11.1. The van der Waals surface area contributed by atoms with E-state index < -0.39 is 15.4 Å². The summed E-state index contributed by atoms with van der Waals surface area (Å²) in [4.78, 5) is 12.3. The van der Waals surface area contributed by atoms with E-state index in [1.54, 1.807) is 25.1 Å². The van der Waals surface area contributed by atoms with Crippen molar-refractivity contribution in [3.63, 3.8) is 0 Å². The third-order valence-electron chi connectivity index (χ3n) is 3.14. The molecule has 1 amide bonds. The third kappa shape index (κ3) is 3.96. The molecule has 1 aliphatic rings. The SMILES string of the molecule is C[C@]1(NC(=O)CSc2ccccc2F)CCS(=O)(=O)C1. The lowest BCUT2D eigenvalue weighted by molar-refractivity contribution is -0.120. The molecular weight excluding hydrogens is 301 g/mol. The second-order valence-electron chi connectivity index (χ2n) is 5.17. The van der Waals surface area contributed by atoms with Crippen molar-refractivity contribution in [2.75, 3.05) is 17.3 Å². The first kappa shape index (κ1) is 15.3. The Morgan fingerprint density at radius 2 is 2.15 bits per heavy atom. The molecule has 1 fully saturated rings. The van der Waals surface area contributed by atoms with Gasteiger partial charge >= 0.3 is 0 Å². The van der Waals surface area contributed by atoms with Crippen LogP contribution in [0.15, 0.2) is 29.2 Å². The van der Waals surface area contributed by atoms with Gasteiger partial charge in [0.2, 0.25) is 5.91 Å². The first-order valence-corrected chi connectivity index (χ1v) is 8.99. The molecule has 1 aliphatic heterocycles. The van der Waals surface area contributed by atoms with Crippen LogP contribution in [0.3, 0.4) is 0 Å². The number of carbonyl (C=O) groups is 1. The van der Waals surface area contributed by atoms with E-state index in [9.17, 15) is 17.6 Å². The summed E-state index contributed by atoms with van der Waals surface area (Å²) in [5.74, 6) is -0.505. The molecule has 110 valence electrons. The molecule has 2 rings (SSSR count). The quantitative estimate of drug-likeness (QED) is 0.857. The lowest BCUT2D eigenvalue weighted by Crippen LogP contribution is -2.47. The van der Waals surface area contributed by atoms with Crippen LogP contribution in [0.25, 0.3) is 0 Å². The summed E-state index contributed by atoms with van der Waals surface area (Å²) in [5, 5.41) is 2.74. The fraction of sp³-hybridized carbons (Fsp3) is 0.462. The molecular formula is C13H16FNO3S2. The molecule has 0 saturated carbocycles. The lowest BCUT2D eigenvalue weighted by atomic mass is 10.0. The zero-order valence-corrected chi connectivity index (χ0v) is 12.7. The molecule has 7 heteroatoms. The van der Waals surface area contributed by atoms with E-state index >= 15 is 0 Å². The number of nitrogens with one attached hydrogen (secondary N) is 1. The summed E-state index contributed by atoms with van der Waals surface area (Å²) in [6.45, 7) is 1.73. The standard InChI is InChI=1S/C13H16FNO3S2/c1-13(6-7-20(17,18)9-13)15-12(16)8-19-11-5-3-2-4-10(11)14/h2-5H,6-9H2,1H3,(H,15,16)/t13-/m0/s1. The van der Waals surface area contributed by atoms with Gasteiger partial charge in [-0.1, -0.05) is 12.1 Å². The van der Waals surface area contributed by atoms with Gasteiger partial charge in [0, 0.05) is 4.90 Å². The van der Waals surface area contributed by atoms with Gasteiger partial charge in [0.05, 0.1) is 22.8 Å². The molecule has 20 heavy (non-hydrogen) atoms. The highest BCUT2D eigenvalue weighted by Gasteiger charge is 2.39. The summed E-state index contributed by atoms with van der Waals surface area (Å²) < 4.78 is 36.3. The topological polar surface area (TPSA) is 63.2 Å². The predicted octanol–water partition coefficient (Wildman–Crippen LogP) is 1.61. The van der Waals surface area contributed by atoms with Crippen LogP contribution in [0.1, 0.15) is 13.3 Å². The van der Waals surface area contributed by atoms with Crippen molar-refractivity contribution in [3.8, 4) is 0 Å². The second-order valence-corrected chi connectivity index (χ2v) is 8.37. The van der Waals surface area contributed by atoms with E-state index in [0.717, 1.165) is 11.8 Å². The van der Waals surface area contributed by atoms with Gasteiger partial charge in [-0.3, -0.25) is 4.79 Å². The van der Waals surface area contributed by atoms with Crippen molar-refractivity contribution in [2.24, 2.45) is 0 Å². The van der Waals surface area contributed by atoms with E-state index in [0.29, 0.717) is 11.3 Å². The normalized spacial score (nSPS) is 24.5. The fourth-order valence-electron chi connectivity index (χ4n) is 2.19. The molecule has 1 atom stereocenters. The minimum absolute atomic E-state index is 0.0316. The Bertz CT molecular complexity index is 618. The van der Waals surface area contributed by atoms with Crippen LogP contribution in [0.2, 0.25) is 0 Å². The molecule has 0 spiro atoms. The van der Waals surface area contributed by atoms with Crippen molar-refractivity contribution in [1.82, 2.24) is 5.32 Å². The fourth-order valence-corrected chi connectivity index (χ4v) is 5.02. The molecule has 1 heterocycles. The van der Waals surface area contributed by atoms with Crippen molar-refractivity contribution >= 4 is 27.5 Å². The number of sulfone groups is 1. The van der Waals surface area contributed by atoms with Crippen molar-refractivity contribution in [2.45, 2.75) is 23.8 Å². The molecule has 0 bridgehead atoms. The maximum atomic E-state index is 13.4. The van der Waals surface area contributed by atoms with Gasteiger partial charge < -0.3 is 5.32 Å². The number of amides is 1. The van der Waals surface area contributed by atoms with E-state index in [1.165, 1.54) is 6.07 Å². The van der Waals surface area contributed by atoms with Crippen LogP contribution in [-0.4, -0.2) is 37.1 Å². The predicted molar refractivity (Wildman–Crippen MR) is 76.9 cm³/mol. The number of carbonyl (C=O) groups excluding carboxylic acids is 1. The molecule has 1 N–H and O–H groups in total. The Morgan fingerprint density at radius 1 is 1.45 bits per heavy atom. The summed E-state index contributed by atoms with van der Waals surface area (Å²) in [5.41, 5.74) is -0.703. The van der Waals surface area contributed by atoms with Crippen LogP contribution in [0.5, 0.6) is 0 Å². The van der Waals surface area contributed by atoms with Gasteiger partial charge in [-0.25, -0.2) is 12.8 Å². The lowest BCUT2D eigenvalue weighted by Gasteiger charge is -2.23. The monoisotopic (exact) mass is 317 g/mol. The molecule has 0 unspecified atom stereocenters. The Balaban J connectivity index is 1.89. The van der Waals surface area contributed by atoms with Crippen LogP contribution in [-0.2, 0) is 14.6 Å². The van der Waals surface area contributed by atoms with E-state index in [2.05, 4.69) is 5.32 Å². The Labute approximate surface area is 122 Å². The molecule has 1 aromatic carbocycles. The molecule has 0 radical (unpaired) electrons. The summed E-state index contributed by atoms with van der Waals surface area (Å²) in [7, 11) is -3.05. The third-order valence-corrected chi connectivity index (χ3v) is 6.09. The first-order chi connectivity index (χ1) is 9.30. The maximum absolute atomic E-state index is 13.4. The zero-order chi connectivity index (χ0) is 14.8. The molecule has 4 nitrogen and oxygen atoms in total. The highest BCUT2D eigenvalue weighted by Crippen LogP contribution is 2.24. The summed E-state index contributed by atoms with van der Waals surface area (Å²) >= 11 is 1.10. The van der Waals surface area contributed by atoms with Gasteiger partial charge in [-0.15, -0.1) is 11.8 Å². The maximum Gasteiger partial charge on any atom is 0.230 e. The van der Waals surface area contributed by atoms with Crippen LogP contribution >= 0.6 is 11.8 Å². The Kier molecular flexibility index (Phi) is 4.39. The molecule has 0 aromatic heterocycles. The Morgan fingerprint density at radius 3 is 2.75 bits per heavy atom. The molecule has 0 aliphatic carbocycles. The van der Waals surface area contributed by atoms with E-state index in [1.807, 2.05) is 0 Å². The highest BCUT2D eigenvalue weighted by atomic mass is 32.2. The first-order valence-electron chi connectivity index (χ1n) is 6.18. The van der Waals surface area contributed by atoms with Crippen molar-refractivity contribution < 1.29 is 17.6 Å². The number of halogens is 1. The number of thioether (sulfide) groups is 1. The van der Waals surface area contributed by atoms with Gasteiger partial charge in [0.1, 0.15) is 5.82 Å². The number of hydrogen-bond acceptors (Lipinski definition) is 4. The smallest absolute Gasteiger partial charge is 0.230 e. The van der Waals surface area contributed by atoms with Crippen molar-refractivity contribution in [1.29, 1.82) is 0 Å². The molecule has 1 aromatic rings. The number of benzene rings is 1. The number of hydrogen-bond donors (Lipinski definition) is 1. The van der Waals surface area contributed by atoms with Crippen LogP contribution in [0, 0.1) is 5.82 Å². The highest BCUT2D eigenvalue weighted by molar-refractivity contribution is 8.00. The van der Waals surface area contributed by atoms with Gasteiger partial charge in [0.25, 0.3) is 0 Å². The second kappa shape index (κ2) is 5.73. The average molecular weight is 317 g/mol. The summed E-state index contributed by atoms with van der Waals surface area (Å²) in [6.07, 6.45) is 0.422. The van der Waals surface area contributed by atoms with E-state index in [-0.39, 0.29) is 29.0 Å². The largest absolute Gasteiger partial charge is 0.349 e. The van der Waals surface area contributed by atoms with Crippen LogP contribution < -0.4 is 5.32 Å². The van der Waals surface area contributed by atoms with E-state index in [4.69, 9.17) is 0 Å². The van der Waals surface area contributed by atoms with Crippen LogP contribution in [0.4, 0.5) is 4.39 Å².